The molecule has 5 rings (SSSR count). The van der Waals surface area contributed by atoms with Crippen LogP contribution in [0.4, 0.5) is 0 Å². The predicted molar refractivity (Wildman–Crippen MR) is 81.6 cm³/mol. The lowest BCUT2D eigenvalue weighted by molar-refractivity contribution is -0.239. The van der Waals surface area contributed by atoms with Crippen molar-refractivity contribution in [3.05, 3.63) is 0 Å². The minimum absolute atomic E-state index is 0.221. The lowest BCUT2D eigenvalue weighted by Crippen LogP contribution is -2.54. The van der Waals surface area contributed by atoms with Gasteiger partial charge in [-0.25, -0.2) is 0 Å². The molecule has 0 aromatic heterocycles. The van der Waals surface area contributed by atoms with Crippen molar-refractivity contribution < 1.29 is 28.6 Å². The van der Waals surface area contributed by atoms with Crippen LogP contribution in [0.2, 0.25) is 0 Å². The van der Waals surface area contributed by atoms with E-state index >= 15 is 0 Å². The molecule has 0 unspecified atom stereocenters. The summed E-state index contributed by atoms with van der Waals surface area (Å²) in [5, 5.41) is 0. The van der Waals surface area contributed by atoms with E-state index in [-0.39, 0.29) is 12.2 Å². The van der Waals surface area contributed by atoms with Gasteiger partial charge in [0.2, 0.25) is 5.92 Å². The highest BCUT2D eigenvalue weighted by Crippen LogP contribution is 2.57. The number of ketones is 1. The summed E-state index contributed by atoms with van der Waals surface area (Å²) in [5.41, 5.74) is -0.230. The second kappa shape index (κ2) is 5.28. The zero-order valence-corrected chi connectivity index (χ0v) is 14.2. The molecule has 0 atom stereocenters. The third-order valence-electron chi connectivity index (χ3n) is 5.99. The molecule has 0 N–H and O–H groups in total. The average Bonchev–Trinajstić information content (AvgIpc) is 2.41. The molecule has 0 amide bonds. The first-order chi connectivity index (χ1) is 11.3. The van der Waals surface area contributed by atoms with Gasteiger partial charge in [-0.2, -0.15) is 0 Å². The van der Waals surface area contributed by atoms with Crippen LogP contribution >= 0.6 is 0 Å². The molecule has 132 valence electrons. The molecule has 1 aliphatic heterocycles. The van der Waals surface area contributed by atoms with Crippen molar-refractivity contribution in [3.8, 4) is 0 Å². The monoisotopic (exact) mass is 336 g/mol. The predicted octanol–water partition coefficient (Wildman–Crippen LogP) is 1.99. The van der Waals surface area contributed by atoms with Crippen LogP contribution in [-0.2, 0) is 28.6 Å². The van der Waals surface area contributed by atoms with E-state index < -0.39 is 29.4 Å². The molecule has 5 aliphatic rings. The lowest BCUT2D eigenvalue weighted by Gasteiger charge is -2.56. The Morgan fingerprint density at radius 2 is 1.46 bits per heavy atom. The molecule has 1 saturated heterocycles. The SMILES string of the molecule is CC1(C)OC(=O)C(C(=O)COC23CC4CC(CC(C4)C2)C3)C(=O)O1. The van der Waals surface area contributed by atoms with E-state index in [0.717, 1.165) is 19.3 Å². The van der Waals surface area contributed by atoms with E-state index in [4.69, 9.17) is 14.2 Å². The molecular formula is C18H24O6. The average molecular weight is 336 g/mol. The van der Waals surface area contributed by atoms with Gasteiger partial charge < -0.3 is 14.2 Å². The van der Waals surface area contributed by atoms with Crippen LogP contribution in [0, 0.1) is 23.7 Å². The molecule has 4 bridgehead atoms. The molecule has 6 nitrogen and oxygen atoms in total. The molecule has 5 fully saturated rings. The number of carbonyl (C=O) groups is 3. The Balaban J connectivity index is 1.40. The zero-order valence-electron chi connectivity index (χ0n) is 14.2. The van der Waals surface area contributed by atoms with Crippen molar-refractivity contribution in [2.75, 3.05) is 6.61 Å². The molecule has 0 aromatic rings. The molecule has 0 radical (unpaired) electrons. The minimum atomic E-state index is -1.51. The van der Waals surface area contributed by atoms with Gasteiger partial charge >= 0.3 is 11.9 Å². The van der Waals surface area contributed by atoms with Crippen LogP contribution in [0.3, 0.4) is 0 Å². The van der Waals surface area contributed by atoms with E-state index in [2.05, 4.69) is 0 Å². The van der Waals surface area contributed by atoms with E-state index in [1.807, 2.05) is 0 Å². The smallest absolute Gasteiger partial charge is 0.331 e. The van der Waals surface area contributed by atoms with Crippen molar-refractivity contribution in [1.82, 2.24) is 0 Å². The van der Waals surface area contributed by atoms with E-state index in [1.165, 1.54) is 33.1 Å². The summed E-state index contributed by atoms with van der Waals surface area (Å²) in [6.45, 7) is 2.71. The number of carbonyl (C=O) groups excluding carboxylic acids is 3. The van der Waals surface area contributed by atoms with Gasteiger partial charge in [-0.05, 0) is 56.3 Å². The standard InChI is InChI=1S/C18H24O6/c1-17(2)23-15(20)14(16(21)24-17)13(19)9-22-18-6-10-3-11(7-18)5-12(4-10)8-18/h10-12,14H,3-9H2,1-2H3. The maximum atomic E-state index is 12.4. The number of cyclic esters (lactones) is 2. The molecule has 0 aromatic carbocycles. The molecule has 24 heavy (non-hydrogen) atoms. The Kier molecular flexibility index (Phi) is 3.53. The fourth-order valence-corrected chi connectivity index (χ4v) is 5.50. The maximum Gasteiger partial charge on any atom is 0.331 e. The van der Waals surface area contributed by atoms with Gasteiger partial charge in [-0.3, -0.25) is 14.4 Å². The normalized spacial score (nSPS) is 40.3. The number of esters is 2. The number of hydrogen-bond acceptors (Lipinski definition) is 6. The molecule has 4 saturated carbocycles. The number of rotatable bonds is 4. The van der Waals surface area contributed by atoms with Crippen LogP contribution < -0.4 is 0 Å². The Bertz CT molecular complexity index is 537. The van der Waals surface area contributed by atoms with Gasteiger partial charge in [0.05, 0.1) is 5.60 Å². The summed E-state index contributed by atoms with van der Waals surface area (Å²) in [4.78, 5) is 36.4. The first-order valence-electron chi connectivity index (χ1n) is 8.88. The summed E-state index contributed by atoms with van der Waals surface area (Å²) in [6, 6.07) is 0. The Hall–Kier alpha value is -1.43. The van der Waals surface area contributed by atoms with E-state index in [9.17, 15) is 14.4 Å². The topological polar surface area (TPSA) is 78.9 Å². The third-order valence-corrected chi connectivity index (χ3v) is 5.99. The summed E-state index contributed by atoms with van der Waals surface area (Å²) in [5.74, 6) is -2.94. The van der Waals surface area contributed by atoms with Crippen LogP contribution in [0.25, 0.3) is 0 Å². The van der Waals surface area contributed by atoms with Crippen LogP contribution in [-0.4, -0.2) is 35.7 Å². The fraction of sp³-hybridized carbons (Fsp3) is 0.833. The van der Waals surface area contributed by atoms with Crippen molar-refractivity contribution in [3.63, 3.8) is 0 Å². The summed E-state index contributed by atoms with van der Waals surface area (Å²) < 4.78 is 16.1. The van der Waals surface area contributed by atoms with Crippen molar-refractivity contribution in [2.24, 2.45) is 23.7 Å². The number of ether oxygens (including phenoxy) is 3. The highest BCUT2D eigenvalue weighted by atomic mass is 16.7. The summed E-state index contributed by atoms with van der Waals surface area (Å²) >= 11 is 0. The highest BCUT2D eigenvalue weighted by molar-refractivity contribution is 6.16. The largest absolute Gasteiger partial charge is 0.422 e. The van der Waals surface area contributed by atoms with E-state index in [0.29, 0.717) is 17.8 Å². The summed E-state index contributed by atoms with van der Waals surface area (Å²) in [6.07, 6.45) is 6.85. The maximum absolute atomic E-state index is 12.4. The quantitative estimate of drug-likeness (QED) is 0.577. The zero-order chi connectivity index (χ0) is 17.1. The second-order valence-electron chi connectivity index (χ2n) is 8.53. The van der Waals surface area contributed by atoms with E-state index in [1.54, 1.807) is 0 Å². The third kappa shape index (κ3) is 2.75. The molecule has 4 aliphatic carbocycles. The fourth-order valence-electron chi connectivity index (χ4n) is 5.50. The van der Waals surface area contributed by atoms with Gasteiger partial charge in [0.1, 0.15) is 6.61 Å². The molecule has 1 heterocycles. The number of Topliss-reactive ketones (excluding diaryl/α,β-unsaturated/α-hetero) is 1. The number of hydrogen-bond donors (Lipinski definition) is 0. The van der Waals surface area contributed by atoms with Gasteiger partial charge in [-0.1, -0.05) is 0 Å². The van der Waals surface area contributed by atoms with Crippen molar-refractivity contribution in [1.29, 1.82) is 0 Å². The Morgan fingerprint density at radius 1 is 1.00 bits per heavy atom. The first-order valence-corrected chi connectivity index (χ1v) is 8.88. The van der Waals surface area contributed by atoms with Crippen LogP contribution in [0.1, 0.15) is 52.4 Å². The van der Waals surface area contributed by atoms with Gasteiger partial charge in [0, 0.05) is 13.8 Å². The van der Waals surface area contributed by atoms with Gasteiger partial charge in [-0.15, -0.1) is 0 Å². The lowest BCUT2D eigenvalue weighted by atomic mass is 9.54. The van der Waals surface area contributed by atoms with Crippen LogP contribution in [0.5, 0.6) is 0 Å². The van der Waals surface area contributed by atoms with Crippen LogP contribution in [0.15, 0.2) is 0 Å². The first kappa shape index (κ1) is 16.1. The molecule has 6 heteroatoms. The Morgan fingerprint density at radius 3 is 1.92 bits per heavy atom. The minimum Gasteiger partial charge on any atom is -0.422 e. The highest BCUT2D eigenvalue weighted by Gasteiger charge is 2.53. The Labute approximate surface area is 141 Å². The van der Waals surface area contributed by atoms with Crippen molar-refractivity contribution >= 4 is 17.7 Å². The van der Waals surface area contributed by atoms with Gasteiger partial charge in [0.25, 0.3) is 5.79 Å². The molecular weight excluding hydrogens is 312 g/mol. The summed E-state index contributed by atoms with van der Waals surface area (Å²) in [7, 11) is 0. The molecule has 0 spiro atoms. The van der Waals surface area contributed by atoms with Crippen molar-refractivity contribution in [2.45, 2.75) is 63.8 Å². The second-order valence-corrected chi connectivity index (χ2v) is 8.53. The van der Waals surface area contributed by atoms with Gasteiger partial charge in [0.15, 0.2) is 5.78 Å².